The number of benzene rings is 1. The molecular formula is C12H17NOSi. The second-order valence-electron chi connectivity index (χ2n) is 3.93. The molecule has 15 heavy (non-hydrogen) atoms. The molecule has 0 bridgehead atoms. The molecule has 0 aliphatic rings. The van der Waals surface area contributed by atoms with E-state index >= 15 is 0 Å². The summed E-state index contributed by atoms with van der Waals surface area (Å²) < 4.78 is 0. The fourth-order valence-electron chi connectivity index (χ4n) is 1.32. The Morgan fingerprint density at radius 1 is 1.40 bits per heavy atom. The van der Waals surface area contributed by atoms with Gasteiger partial charge < -0.3 is 4.90 Å². The molecule has 0 heterocycles. The van der Waals surface area contributed by atoms with Gasteiger partial charge in [-0.2, -0.15) is 0 Å². The molecule has 1 aromatic rings. The Hall–Kier alpha value is -1.09. The molecule has 0 N–H and O–H groups in total. The summed E-state index contributed by atoms with van der Waals surface area (Å²) in [6, 6.07) is 8.20. The highest BCUT2D eigenvalue weighted by atomic mass is 28.2. The van der Waals surface area contributed by atoms with Crippen molar-refractivity contribution in [3.8, 4) is 0 Å². The normalized spacial score (nSPS) is 10.5. The van der Waals surface area contributed by atoms with Gasteiger partial charge in [-0.1, -0.05) is 36.7 Å². The number of amides is 1. The third-order valence-electron chi connectivity index (χ3n) is 2.16. The second-order valence-corrected chi connectivity index (χ2v) is 5.95. The molecular weight excluding hydrogens is 202 g/mol. The summed E-state index contributed by atoms with van der Waals surface area (Å²) in [7, 11) is 2.61. The van der Waals surface area contributed by atoms with Crippen molar-refractivity contribution in [1.29, 1.82) is 0 Å². The third kappa shape index (κ3) is 3.51. The highest BCUT2D eigenvalue weighted by Crippen LogP contribution is 2.10. The average molecular weight is 219 g/mol. The van der Waals surface area contributed by atoms with Crippen LogP contribution >= 0.6 is 0 Å². The standard InChI is InChI=1S/C12H17NOSi/c1-9(2)15-12-7-5-6-11(8-12)13(4)10(3)14/h5-9H,1-4H3. The van der Waals surface area contributed by atoms with Crippen molar-refractivity contribution >= 4 is 26.3 Å². The van der Waals surface area contributed by atoms with Crippen LogP contribution in [0.1, 0.15) is 20.8 Å². The summed E-state index contributed by atoms with van der Waals surface area (Å²) in [6.45, 7) is 6.00. The Labute approximate surface area is 94.1 Å². The maximum absolute atomic E-state index is 11.2. The van der Waals surface area contributed by atoms with E-state index in [2.05, 4.69) is 26.0 Å². The lowest BCUT2D eigenvalue weighted by atomic mass is 10.3. The Morgan fingerprint density at radius 3 is 2.60 bits per heavy atom. The number of anilines is 1. The quantitative estimate of drug-likeness (QED) is 0.710. The third-order valence-corrected chi connectivity index (χ3v) is 3.38. The van der Waals surface area contributed by atoms with Crippen LogP contribution < -0.4 is 10.1 Å². The van der Waals surface area contributed by atoms with Gasteiger partial charge >= 0.3 is 0 Å². The van der Waals surface area contributed by atoms with Crippen LogP contribution in [0.25, 0.3) is 0 Å². The molecule has 0 fully saturated rings. The molecule has 0 atom stereocenters. The summed E-state index contributed by atoms with van der Waals surface area (Å²) in [5.74, 6) is 0.0695. The van der Waals surface area contributed by atoms with Gasteiger partial charge in [-0.05, 0) is 12.1 Å². The molecule has 0 spiro atoms. The molecule has 0 aliphatic heterocycles. The van der Waals surface area contributed by atoms with E-state index in [-0.39, 0.29) is 5.91 Å². The lowest BCUT2D eigenvalue weighted by molar-refractivity contribution is -0.116. The van der Waals surface area contributed by atoms with Gasteiger partial charge in [0.25, 0.3) is 0 Å². The lowest BCUT2D eigenvalue weighted by Gasteiger charge is -2.16. The molecule has 1 rings (SSSR count). The molecule has 2 nitrogen and oxygen atoms in total. The fourth-order valence-corrected chi connectivity index (χ4v) is 2.41. The van der Waals surface area contributed by atoms with Gasteiger partial charge in [0.15, 0.2) is 0 Å². The van der Waals surface area contributed by atoms with Crippen molar-refractivity contribution in [2.45, 2.75) is 26.3 Å². The number of carbonyl (C=O) groups is 1. The Bertz CT molecular complexity index is 349. The van der Waals surface area contributed by atoms with E-state index in [1.165, 1.54) is 5.19 Å². The predicted molar refractivity (Wildman–Crippen MR) is 66.0 cm³/mol. The van der Waals surface area contributed by atoms with Crippen molar-refractivity contribution in [1.82, 2.24) is 0 Å². The number of hydrogen-bond donors (Lipinski definition) is 0. The minimum Gasteiger partial charge on any atom is -0.316 e. The predicted octanol–water partition coefficient (Wildman–Crippen LogP) is 1.83. The summed E-state index contributed by atoms with van der Waals surface area (Å²) in [5.41, 5.74) is 1.65. The monoisotopic (exact) mass is 219 g/mol. The van der Waals surface area contributed by atoms with Gasteiger partial charge in [0, 0.05) is 19.7 Å². The van der Waals surface area contributed by atoms with Crippen LogP contribution in [-0.2, 0) is 4.79 Å². The topological polar surface area (TPSA) is 20.3 Å². The average Bonchev–Trinajstić information content (AvgIpc) is 2.16. The van der Waals surface area contributed by atoms with Gasteiger partial charge in [0.1, 0.15) is 0 Å². The molecule has 0 unspecified atom stereocenters. The van der Waals surface area contributed by atoms with Gasteiger partial charge in [0.05, 0.1) is 9.52 Å². The zero-order valence-corrected chi connectivity index (χ0v) is 10.7. The first-order valence-corrected chi connectivity index (χ1v) is 6.19. The largest absolute Gasteiger partial charge is 0.316 e. The smallest absolute Gasteiger partial charge is 0.223 e. The molecule has 80 valence electrons. The molecule has 2 radical (unpaired) electrons. The van der Waals surface area contributed by atoms with E-state index in [4.69, 9.17) is 0 Å². The molecule has 0 saturated carbocycles. The van der Waals surface area contributed by atoms with E-state index in [1.807, 2.05) is 12.1 Å². The molecule has 0 saturated heterocycles. The zero-order chi connectivity index (χ0) is 11.4. The maximum atomic E-state index is 11.2. The lowest BCUT2D eigenvalue weighted by Crippen LogP contribution is -2.25. The number of rotatable bonds is 3. The van der Waals surface area contributed by atoms with E-state index in [1.54, 1.807) is 18.9 Å². The number of hydrogen-bond acceptors (Lipinski definition) is 1. The van der Waals surface area contributed by atoms with Gasteiger partial charge in [-0.15, -0.1) is 0 Å². The number of carbonyl (C=O) groups excluding carboxylic acids is 1. The summed E-state index contributed by atoms with van der Waals surface area (Å²) >= 11 is 0. The molecule has 1 aromatic carbocycles. The maximum Gasteiger partial charge on any atom is 0.223 e. The van der Waals surface area contributed by atoms with E-state index in [0.717, 1.165) is 15.2 Å². The molecule has 1 amide bonds. The highest BCUT2D eigenvalue weighted by molar-refractivity contribution is 6.54. The minimum atomic E-state index is 0.0695. The SMILES string of the molecule is CC(=O)N(C)c1cccc([Si]C(C)C)c1. The van der Waals surface area contributed by atoms with Crippen LogP contribution in [-0.4, -0.2) is 22.5 Å². The van der Waals surface area contributed by atoms with Crippen LogP contribution in [0.5, 0.6) is 0 Å². The van der Waals surface area contributed by atoms with Crippen molar-refractivity contribution in [3.63, 3.8) is 0 Å². The van der Waals surface area contributed by atoms with Crippen molar-refractivity contribution in [3.05, 3.63) is 24.3 Å². The first-order chi connectivity index (χ1) is 7.00. The zero-order valence-electron chi connectivity index (χ0n) is 9.74. The van der Waals surface area contributed by atoms with Crippen molar-refractivity contribution in [2.24, 2.45) is 0 Å². The Morgan fingerprint density at radius 2 is 2.07 bits per heavy atom. The Kier molecular flexibility index (Phi) is 4.09. The molecule has 3 heteroatoms. The van der Waals surface area contributed by atoms with Gasteiger partial charge in [-0.25, -0.2) is 0 Å². The summed E-state index contributed by atoms with van der Waals surface area (Å²) in [6.07, 6.45) is 0. The van der Waals surface area contributed by atoms with E-state index < -0.39 is 0 Å². The van der Waals surface area contributed by atoms with Crippen LogP contribution in [0.2, 0.25) is 5.54 Å². The molecule has 0 aliphatic carbocycles. The fraction of sp³-hybridized carbons (Fsp3) is 0.417. The van der Waals surface area contributed by atoms with Gasteiger partial charge in [0.2, 0.25) is 5.91 Å². The molecule has 0 aromatic heterocycles. The highest BCUT2D eigenvalue weighted by Gasteiger charge is 2.06. The van der Waals surface area contributed by atoms with Crippen molar-refractivity contribution in [2.75, 3.05) is 11.9 Å². The summed E-state index contributed by atoms with van der Waals surface area (Å²) in [4.78, 5) is 12.9. The van der Waals surface area contributed by atoms with Crippen LogP contribution in [0.3, 0.4) is 0 Å². The van der Waals surface area contributed by atoms with Crippen LogP contribution in [0.15, 0.2) is 24.3 Å². The summed E-state index contributed by atoms with van der Waals surface area (Å²) in [5, 5.41) is 1.32. The van der Waals surface area contributed by atoms with Crippen LogP contribution in [0.4, 0.5) is 5.69 Å². The van der Waals surface area contributed by atoms with E-state index in [0.29, 0.717) is 5.54 Å². The second kappa shape index (κ2) is 5.12. The minimum absolute atomic E-state index is 0.0695. The number of nitrogens with zero attached hydrogens (tertiary/aromatic N) is 1. The Balaban J connectivity index is 2.87. The van der Waals surface area contributed by atoms with Crippen molar-refractivity contribution < 1.29 is 4.79 Å². The first-order valence-electron chi connectivity index (χ1n) is 5.11. The van der Waals surface area contributed by atoms with E-state index in [9.17, 15) is 4.79 Å². The van der Waals surface area contributed by atoms with Gasteiger partial charge in [-0.3, -0.25) is 4.79 Å². The van der Waals surface area contributed by atoms with Crippen LogP contribution in [0, 0.1) is 0 Å². The first kappa shape index (κ1) is 12.0.